The Morgan fingerprint density at radius 1 is 0.621 bits per heavy atom. The van der Waals surface area contributed by atoms with Gasteiger partial charge in [-0.05, 0) is 57.6 Å². The molecule has 0 spiro atoms. The summed E-state index contributed by atoms with van der Waals surface area (Å²) in [6.45, 7) is 28.7. The highest BCUT2D eigenvalue weighted by atomic mass is 28.5. The minimum Gasteiger partial charge on any atom is -0.433 e. The Balaban J connectivity index is 3.27. The van der Waals surface area contributed by atoms with Gasteiger partial charge in [0.2, 0.25) is 0 Å². The molecule has 0 saturated carbocycles. The van der Waals surface area contributed by atoms with Crippen LogP contribution in [0.15, 0.2) is 67.2 Å². The van der Waals surface area contributed by atoms with Gasteiger partial charge in [0.05, 0.1) is 0 Å². The van der Waals surface area contributed by atoms with Crippen LogP contribution in [0, 0.1) is 0 Å². The smallest absolute Gasteiger partial charge is 0.350 e. The van der Waals surface area contributed by atoms with Crippen LogP contribution in [0.1, 0.15) is 0 Å². The molecule has 1 aromatic carbocycles. The second kappa shape index (κ2) is 9.66. The zero-order valence-electron chi connectivity index (χ0n) is 19.4. The third-order valence-corrected chi connectivity index (χ3v) is 23.1. The van der Waals surface area contributed by atoms with E-state index < -0.39 is 42.3 Å². The molecular weight excluding hydrogens is 445 g/mol. The molecule has 162 valence electrons. The van der Waals surface area contributed by atoms with Gasteiger partial charge < -0.3 is 16.5 Å². The van der Waals surface area contributed by atoms with Crippen molar-refractivity contribution in [2.24, 2.45) is 0 Å². The van der Waals surface area contributed by atoms with E-state index in [1.54, 1.807) is 0 Å². The van der Waals surface area contributed by atoms with E-state index in [2.05, 4.69) is 77.7 Å². The SMILES string of the molecule is C=C[Si](C)(C)O[Si](C)(C)O[Si](C)(C=C)O[Si](C)(O[Si](C)(C)C=C)c1ccccc1. The molecule has 2 unspecified atom stereocenters. The summed E-state index contributed by atoms with van der Waals surface area (Å²) in [4.78, 5) is 0. The summed E-state index contributed by atoms with van der Waals surface area (Å²) >= 11 is 0. The topological polar surface area (TPSA) is 36.9 Å². The molecule has 0 radical (unpaired) electrons. The molecule has 0 bridgehead atoms. The summed E-state index contributed by atoms with van der Waals surface area (Å²) in [6, 6.07) is 10.2. The molecule has 1 rings (SSSR count). The average Bonchev–Trinajstić information content (AvgIpc) is 2.60. The Hall–Kier alpha value is -0.636. The van der Waals surface area contributed by atoms with Crippen molar-refractivity contribution in [2.45, 2.75) is 52.4 Å². The summed E-state index contributed by atoms with van der Waals surface area (Å²) in [5, 5.41) is 1.08. The van der Waals surface area contributed by atoms with Crippen molar-refractivity contribution < 1.29 is 16.5 Å². The molecule has 1 aromatic rings. The van der Waals surface area contributed by atoms with Crippen molar-refractivity contribution >= 4 is 47.5 Å². The minimum absolute atomic E-state index is 1.08. The van der Waals surface area contributed by atoms with Crippen LogP contribution in [0.5, 0.6) is 0 Å². The van der Waals surface area contributed by atoms with Crippen molar-refractivity contribution in [1.29, 1.82) is 0 Å². The molecule has 0 N–H and O–H groups in total. The summed E-state index contributed by atoms with van der Waals surface area (Å²) in [7, 11) is -12.1. The van der Waals surface area contributed by atoms with E-state index in [1.807, 2.05) is 41.8 Å². The third kappa shape index (κ3) is 8.19. The van der Waals surface area contributed by atoms with Gasteiger partial charge in [0.15, 0.2) is 16.6 Å². The van der Waals surface area contributed by atoms with Crippen LogP contribution < -0.4 is 5.19 Å². The van der Waals surface area contributed by atoms with Crippen molar-refractivity contribution in [3.8, 4) is 0 Å². The van der Waals surface area contributed by atoms with E-state index in [1.165, 1.54) is 0 Å². The second-order valence-electron chi connectivity index (χ2n) is 8.96. The lowest BCUT2D eigenvalue weighted by atomic mass is 10.4. The zero-order valence-corrected chi connectivity index (χ0v) is 24.4. The Morgan fingerprint density at radius 3 is 1.55 bits per heavy atom. The van der Waals surface area contributed by atoms with Crippen LogP contribution in [0.4, 0.5) is 0 Å². The molecule has 29 heavy (non-hydrogen) atoms. The van der Waals surface area contributed by atoms with Crippen molar-refractivity contribution in [1.82, 2.24) is 0 Å². The Labute approximate surface area is 183 Å². The molecule has 0 fully saturated rings. The van der Waals surface area contributed by atoms with Gasteiger partial charge in [-0.1, -0.05) is 47.4 Å². The van der Waals surface area contributed by atoms with E-state index >= 15 is 0 Å². The predicted molar refractivity (Wildman–Crippen MR) is 137 cm³/mol. The van der Waals surface area contributed by atoms with Gasteiger partial charge in [0, 0.05) is 0 Å². The van der Waals surface area contributed by atoms with Crippen LogP contribution in [-0.2, 0) is 16.5 Å². The highest BCUT2D eigenvalue weighted by molar-refractivity contribution is 6.97. The van der Waals surface area contributed by atoms with E-state index in [0.29, 0.717) is 0 Å². The van der Waals surface area contributed by atoms with Crippen molar-refractivity contribution in [2.75, 3.05) is 0 Å². The predicted octanol–water partition coefficient (Wildman–Crippen LogP) is 5.39. The summed E-state index contributed by atoms with van der Waals surface area (Å²) < 4.78 is 26.6. The first-order chi connectivity index (χ1) is 13.1. The maximum atomic E-state index is 6.83. The Kier molecular flexibility index (Phi) is 8.80. The maximum absolute atomic E-state index is 6.83. The van der Waals surface area contributed by atoms with Gasteiger partial charge in [-0.3, -0.25) is 0 Å². The number of hydrogen-bond donors (Lipinski definition) is 0. The van der Waals surface area contributed by atoms with Gasteiger partial charge in [-0.2, -0.15) is 0 Å². The van der Waals surface area contributed by atoms with Crippen LogP contribution in [0.3, 0.4) is 0 Å². The standard InChI is InChI=1S/C20H38O4Si5/c1-12-25(4,5)21-27(8,9)23-28(10,14-3)24-29(11,22-26(6,7)13-2)20-18-16-15-17-19-20/h12-19H,1-3H2,4-11H3. The van der Waals surface area contributed by atoms with E-state index in [-0.39, 0.29) is 0 Å². The molecule has 0 aromatic heterocycles. The van der Waals surface area contributed by atoms with E-state index in [4.69, 9.17) is 16.5 Å². The molecular formula is C20H38O4Si5. The lowest BCUT2D eigenvalue weighted by Gasteiger charge is -2.43. The fourth-order valence-corrected chi connectivity index (χ4v) is 23.9. The first-order valence-corrected chi connectivity index (χ1v) is 23.4. The maximum Gasteiger partial charge on any atom is 0.350 e. The Morgan fingerprint density at radius 2 is 1.10 bits per heavy atom. The quantitative estimate of drug-likeness (QED) is 0.374. The average molecular weight is 483 g/mol. The first-order valence-electron chi connectivity index (χ1n) is 9.88. The second-order valence-corrected chi connectivity index (χ2v) is 27.2. The number of hydrogen-bond acceptors (Lipinski definition) is 4. The molecule has 0 aliphatic rings. The molecule has 0 saturated heterocycles. The van der Waals surface area contributed by atoms with Crippen molar-refractivity contribution in [3.63, 3.8) is 0 Å². The van der Waals surface area contributed by atoms with E-state index in [0.717, 1.165) is 5.19 Å². The molecule has 9 heteroatoms. The van der Waals surface area contributed by atoms with Crippen LogP contribution in [-0.4, -0.2) is 42.3 Å². The fraction of sp³-hybridized carbons (Fsp3) is 0.400. The molecule has 0 amide bonds. The molecule has 0 aliphatic heterocycles. The van der Waals surface area contributed by atoms with Gasteiger partial charge in [-0.15, -0.1) is 19.7 Å². The highest BCUT2D eigenvalue weighted by Crippen LogP contribution is 2.27. The molecule has 4 nitrogen and oxygen atoms in total. The molecule has 0 aliphatic carbocycles. The first kappa shape index (κ1) is 26.4. The van der Waals surface area contributed by atoms with Gasteiger partial charge in [0.1, 0.15) is 0 Å². The third-order valence-electron chi connectivity index (χ3n) is 4.46. The molecule has 0 heterocycles. The van der Waals surface area contributed by atoms with Crippen LogP contribution in [0.2, 0.25) is 52.4 Å². The van der Waals surface area contributed by atoms with Gasteiger partial charge >= 0.3 is 25.7 Å². The Bertz CT molecular complexity index is 723. The number of rotatable bonds is 12. The van der Waals surface area contributed by atoms with Crippen LogP contribution in [0.25, 0.3) is 0 Å². The van der Waals surface area contributed by atoms with Crippen LogP contribution >= 0.6 is 0 Å². The number of benzene rings is 1. The largest absolute Gasteiger partial charge is 0.433 e. The van der Waals surface area contributed by atoms with Gasteiger partial charge in [0.25, 0.3) is 0 Å². The fourth-order valence-electron chi connectivity index (χ4n) is 3.10. The lowest BCUT2D eigenvalue weighted by molar-refractivity contribution is 0.309. The summed E-state index contributed by atoms with van der Waals surface area (Å²) in [6.07, 6.45) is 0. The lowest BCUT2D eigenvalue weighted by Crippen LogP contribution is -2.64. The molecule has 2 atom stereocenters. The van der Waals surface area contributed by atoms with Gasteiger partial charge in [-0.25, -0.2) is 0 Å². The normalized spacial score (nSPS) is 17.1. The highest BCUT2D eigenvalue weighted by Gasteiger charge is 2.49. The minimum atomic E-state index is -2.79. The van der Waals surface area contributed by atoms with E-state index in [9.17, 15) is 0 Å². The van der Waals surface area contributed by atoms with Crippen molar-refractivity contribution in [3.05, 3.63) is 67.2 Å². The summed E-state index contributed by atoms with van der Waals surface area (Å²) in [5.41, 5.74) is 5.72. The monoisotopic (exact) mass is 482 g/mol. The zero-order chi connectivity index (χ0) is 22.6. The summed E-state index contributed by atoms with van der Waals surface area (Å²) in [5.74, 6) is 0.